The van der Waals surface area contributed by atoms with Gasteiger partial charge in [-0.3, -0.25) is 0 Å². The Morgan fingerprint density at radius 1 is 1.32 bits per heavy atom. The molecule has 9 heteroatoms. The molecular formula is C22H31F2N5O2. The highest BCUT2D eigenvalue weighted by molar-refractivity contribution is 5.63. The van der Waals surface area contributed by atoms with E-state index in [1.165, 1.54) is 12.3 Å². The van der Waals surface area contributed by atoms with E-state index in [2.05, 4.69) is 46.5 Å². The van der Waals surface area contributed by atoms with Crippen molar-refractivity contribution in [2.45, 2.75) is 46.8 Å². The van der Waals surface area contributed by atoms with E-state index in [-0.39, 0.29) is 17.0 Å². The number of pyridine rings is 1. The molecular weight excluding hydrogens is 404 g/mol. The Balaban J connectivity index is 1.83. The van der Waals surface area contributed by atoms with Crippen LogP contribution in [0.25, 0.3) is 11.3 Å². The number of ether oxygens (including phenoxy) is 2. The number of hydrogen-bond acceptors (Lipinski definition) is 6. The Kier molecular flexibility index (Phi) is 7.15. The van der Waals surface area contributed by atoms with E-state index in [0.717, 1.165) is 57.2 Å². The SMILES string of the molecule is C=C(CCn1cc(-c2cnc(N)c(OC(F)F)c2)nc1CC(C)(C)C)N1CCOCC1. The predicted molar refractivity (Wildman–Crippen MR) is 116 cm³/mol. The molecule has 0 amide bonds. The number of rotatable bonds is 8. The van der Waals surface area contributed by atoms with Crippen LogP contribution in [0.4, 0.5) is 14.6 Å². The molecule has 3 heterocycles. The molecule has 0 spiro atoms. The van der Waals surface area contributed by atoms with Crippen LogP contribution in [0.15, 0.2) is 30.7 Å². The minimum absolute atomic E-state index is 0.0326. The van der Waals surface area contributed by atoms with Gasteiger partial charge in [-0.15, -0.1) is 0 Å². The van der Waals surface area contributed by atoms with E-state index in [0.29, 0.717) is 11.3 Å². The van der Waals surface area contributed by atoms with Gasteiger partial charge in [0.2, 0.25) is 0 Å². The van der Waals surface area contributed by atoms with Crippen molar-refractivity contribution >= 4 is 5.82 Å². The number of halogens is 2. The zero-order valence-corrected chi connectivity index (χ0v) is 18.4. The van der Waals surface area contributed by atoms with E-state index >= 15 is 0 Å². The summed E-state index contributed by atoms with van der Waals surface area (Å²) in [5.41, 5.74) is 7.99. The summed E-state index contributed by atoms with van der Waals surface area (Å²) in [6.45, 7) is 11.6. The maximum atomic E-state index is 12.7. The van der Waals surface area contributed by atoms with Gasteiger partial charge in [0, 0.05) is 56.1 Å². The van der Waals surface area contributed by atoms with Crippen molar-refractivity contribution in [1.29, 1.82) is 0 Å². The summed E-state index contributed by atoms with van der Waals surface area (Å²) < 4.78 is 37.4. The summed E-state index contributed by atoms with van der Waals surface area (Å²) >= 11 is 0. The number of aryl methyl sites for hydroxylation is 1. The third-order valence-corrected chi connectivity index (χ3v) is 5.04. The van der Waals surface area contributed by atoms with Gasteiger partial charge < -0.3 is 24.7 Å². The maximum Gasteiger partial charge on any atom is 0.387 e. The Labute approximate surface area is 181 Å². The van der Waals surface area contributed by atoms with Crippen molar-refractivity contribution in [3.05, 3.63) is 36.6 Å². The lowest BCUT2D eigenvalue weighted by Gasteiger charge is -2.30. The minimum atomic E-state index is -2.97. The van der Waals surface area contributed by atoms with Crippen molar-refractivity contribution in [1.82, 2.24) is 19.4 Å². The summed E-state index contributed by atoms with van der Waals surface area (Å²) in [5.74, 6) is 0.686. The van der Waals surface area contributed by atoms with Crippen LogP contribution in [0.1, 0.15) is 33.0 Å². The lowest BCUT2D eigenvalue weighted by atomic mass is 9.92. The van der Waals surface area contributed by atoms with E-state index in [1.54, 1.807) is 0 Å². The highest BCUT2D eigenvalue weighted by Crippen LogP contribution is 2.29. The van der Waals surface area contributed by atoms with Crippen LogP contribution in [0.3, 0.4) is 0 Å². The summed E-state index contributed by atoms with van der Waals surface area (Å²) in [5, 5.41) is 0. The summed E-state index contributed by atoms with van der Waals surface area (Å²) in [7, 11) is 0. The molecule has 0 saturated carbocycles. The molecule has 2 aromatic rings. The largest absolute Gasteiger partial charge is 0.431 e. The zero-order valence-electron chi connectivity index (χ0n) is 18.4. The third-order valence-electron chi connectivity index (χ3n) is 5.04. The normalized spacial score (nSPS) is 14.8. The van der Waals surface area contributed by atoms with Gasteiger partial charge in [-0.2, -0.15) is 8.78 Å². The number of nitrogens with zero attached hydrogens (tertiary/aromatic N) is 4. The number of morpholine rings is 1. The van der Waals surface area contributed by atoms with E-state index < -0.39 is 6.61 Å². The van der Waals surface area contributed by atoms with Crippen molar-refractivity contribution in [2.75, 3.05) is 32.0 Å². The average molecular weight is 436 g/mol. The van der Waals surface area contributed by atoms with Gasteiger partial charge in [0.1, 0.15) is 5.82 Å². The zero-order chi connectivity index (χ0) is 22.6. The van der Waals surface area contributed by atoms with E-state index in [9.17, 15) is 8.78 Å². The van der Waals surface area contributed by atoms with Crippen LogP contribution < -0.4 is 10.5 Å². The number of nitrogens with two attached hydrogens (primary N) is 1. The Bertz CT molecular complexity index is 902. The van der Waals surface area contributed by atoms with E-state index in [4.69, 9.17) is 15.5 Å². The molecule has 31 heavy (non-hydrogen) atoms. The fraction of sp³-hybridized carbons (Fsp3) is 0.545. The number of nitrogen functional groups attached to an aromatic ring is 1. The van der Waals surface area contributed by atoms with Crippen LogP contribution in [-0.4, -0.2) is 52.3 Å². The Morgan fingerprint density at radius 2 is 2.03 bits per heavy atom. The molecule has 1 fully saturated rings. The van der Waals surface area contributed by atoms with Gasteiger partial charge >= 0.3 is 6.61 Å². The molecule has 0 radical (unpaired) electrons. The van der Waals surface area contributed by atoms with Crippen molar-refractivity contribution < 1.29 is 18.3 Å². The molecule has 7 nitrogen and oxygen atoms in total. The topological polar surface area (TPSA) is 78.4 Å². The van der Waals surface area contributed by atoms with Crippen LogP contribution >= 0.6 is 0 Å². The average Bonchev–Trinajstić information content (AvgIpc) is 3.09. The van der Waals surface area contributed by atoms with Gasteiger partial charge in [0.05, 0.1) is 18.9 Å². The summed E-state index contributed by atoms with van der Waals surface area (Å²) in [4.78, 5) is 11.0. The number of imidazole rings is 1. The molecule has 0 aliphatic carbocycles. The Morgan fingerprint density at radius 3 is 2.68 bits per heavy atom. The first-order valence-corrected chi connectivity index (χ1v) is 10.4. The number of alkyl halides is 2. The van der Waals surface area contributed by atoms with Gasteiger partial charge in [-0.25, -0.2) is 9.97 Å². The first-order chi connectivity index (χ1) is 14.6. The van der Waals surface area contributed by atoms with Gasteiger partial charge in [-0.05, 0) is 11.5 Å². The van der Waals surface area contributed by atoms with Gasteiger partial charge in [0.25, 0.3) is 0 Å². The van der Waals surface area contributed by atoms with Crippen molar-refractivity contribution in [2.24, 2.45) is 5.41 Å². The van der Waals surface area contributed by atoms with Gasteiger partial charge in [0.15, 0.2) is 11.6 Å². The molecule has 0 bridgehead atoms. The molecule has 0 atom stereocenters. The third kappa shape index (κ3) is 6.40. The number of hydrogen-bond donors (Lipinski definition) is 1. The standard InChI is InChI=1S/C22H31F2N5O2/c1-15(28-7-9-30-10-8-28)5-6-29-14-17(27-19(29)12-22(2,3)4)16-11-18(31-21(23)24)20(25)26-13-16/h11,13-14,21H,1,5-10,12H2,2-4H3,(H2,25,26). The van der Waals surface area contributed by atoms with Crippen LogP contribution in [0.2, 0.25) is 0 Å². The van der Waals surface area contributed by atoms with Crippen molar-refractivity contribution in [3.63, 3.8) is 0 Å². The fourth-order valence-corrected chi connectivity index (χ4v) is 3.48. The molecule has 2 N–H and O–H groups in total. The second-order valence-electron chi connectivity index (χ2n) is 8.87. The van der Waals surface area contributed by atoms with Crippen LogP contribution in [0.5, 0.6) is 5.75 Å². The quantitative estimate of drug-likeness (QED) is 0.676. The number of anilines is 1. The summed E-state index contributed by atoms with van der Waals surface area (Å²) in [6, 6.07) is 1.45. The van der Waals surface area contributed by atoms with Crippen LogP contribution in [-0.2, 0) is 17.7 Å². The fourth-order valence-electron chi connectivity index (χ4n) is 3.48. The molecule has 0 unspecified atom stereocenters. The predicted octanol–water partition coefficient (Wildman–Crippen LogP) is 3.95. The highest BCUT2D eigenvalue weighted by Gasteiger charge is 2.20. The minimum Gasteiger partial charge on any atom is -0.431 e. The maximum absolute atomic E-state index is 12.7. The molecule has 3 rings (SSSR count). The second-order valence-corrected chi connectivity index (χ2v) is 8.87. The summed E-state index contributed by atoms with van der Waals surface area (Å²) in [6.07, 6.45) is 4.99. The van der Waals surface area contributed by atoms with Crippen molar-refractivity contribution in [3.8, 4) is 17.0 Å². The number of aromatic nitrogens is 3. The van der Waals surface area contributed by atoms with Gasteiger partial charge in [-0.1, -0.05) is 27.4 Å². The molecule has 1 saturated heterocycles. The number of allylic oxidation sites excluding steroid dienone is 1. The lowest BCUT2D eigenvalue weighted by molar-refractivity contribution is -0.0494. The monoisotopic (exact) mass is 435 g/mol. The molecule has 1 aliphatic rings. The Hall–Kier alpha value is -2.68. The van der Waals surface area contributed by atoms with Crippen LogP contribution in [0, 0.1) is 5.41 Å². The molecule has 2 aromatic heterocycles. The second kappa shape index (κ2) is 9.64. The smallest absolute Gasteiger partial charge is 0.387 e. The first-order valence-electron chi connectivity index (χ1n) is 10.4. The molecule has 170 valence electrons. The van der Waals surface area contributed by atoms with E-state index in [1.807, 2.05) is 6.20 Å². The first kappa shape index (κ1) is 23.0. The lowest BCUT2D eigenvalue weighted by Crippen LogP contribution is -2.35. The molecule has 0 aromatic carbocycles. The molecule has 1 aliphatic heterocycles. The highest BCUT2D eigenvalue weighted by atomic mass is 19.3.